The molecule has 0 aliphatic heterocycles. The summed E-state index contributed by atoms with van der Waals surface area (Å²) in [7, 11) is 0. The van der Waals surface area contributed by atoms with Gasteiger partial charge in [-0.15, -0.1) is 5.10 Å². The van der Waals surface area contributed by atoms with E-state index < -0.39 is 5.91 Å². The van der Waals surface area contributed by atoms with Crippen LogP contribution in [0.1, 0.15) is 17.3 Å². The Labute approximate surface area is 135 Å². The zero-order valence-electron chi connectivity index (χ0n) is 11.6. The van der Waals surface area contributed by atoms with Crippen LogP contribution in [0.4, 0.5) is 0 Å². The average Bonchev–Trinajstić information content (AvgIpc) is 2.98. The van der Waals surface area contributed by atoms with Crippen molar-refractivity contribution in [2.75, 3.05) is 5.75 Å². The largest absolute Gasteiger partial charge is 0.272 e. The van der Waals surface area contributed by atoms with Gasteiger partial charge < -0.3 is 0 Å². The number of thioether (sulfide) groups is 1. The van der Waals surface area contributed by atoms with Gasteiger partial charge in [-0.3, -0.25) is 20.4 Å². The number of hydrogen-bond donors (Lipinski definition) is 2. The number of carbonyl (C=O) groups excluding carboxylic acids is 2. The third-order valence-electron chi connectivity index (χ3n) is 2.55. The van der Waals surface area contributed by atoms with Gasteiger partial charge in [0.15, 0.2) is 0 Å². The summed E-state index contributed by atoms with van der Waals surface area (Å²) < 4.78 is 1.57. The third-order valence-corrected chi connectivity index (χ3v) is 3.76. The minimum Gasteiger partial charge on any atom is -0.272 e. The summed E-state index contributed by atoms with van der Waals surface area (Å²) in [5, 5.41) is 12.1. The number of aromatic nitrogens is 4. The van der Waals surface area contributed by atoms with Crippen molar-refractivity contribution in [3.05, 3.63) is 34.9 Å². The fourth-order valence-electron chi connectivity index (χ4n) is 1.46. The predicted molar refractivity (Wildman–Crippen MR) is 81.3 cm³/mol. The molecule has 0 bridgehead atoms. The van der Waals surface area contributed by atoms with Crippen LogP contribution in [-0.2, 0) is 11.3 Å². The van der Waals surface area contributed by atoms with Crippen molar-refractivity contribution in [2.45, 2.75) is 18.6 Å². The van der Waals surface area contributed by atoms with E-state index in [2.05, 4.69) is 26.4 Å². The summed E-state index contributed by atoms with van der Waals surface area (Å²) in [5.41, 5.74) is 5.04. The van der Waals surface area contributed by atoms with Gasteiger partial charge in [0.2, 0.25) is 11.1 Å². The van der Waals surface area contributed by atoms with E-state index >= 15 is 0 Å². The lowest BCUT2D eigenvalue weighted by molar-refractivity contribution is -0.119. The van der Waals surface area contributed by atoms with Gasteiger partial charge in [0.05, 0.1) is 5.75 Å². The molecule has 0 unspecified atom stereocenters. The molecule has 2 amide bonds. The topological polar surface area (TPSA) is 102 Å². The molecular formula is C12H13ClN6O2S. The van der Waals surface area contributed by atoms with E-state index in [1.807, 2.05) is 6.92 Å². The first kappa shape index (κ1) is 16.2. The maximum atomic E-state index is 11.8. The van der Waals surface area contributed by atoms with Crippen molar-refractivity contribution in [3.63, 3.8) is 0 Å². The first-order valence-corrected chi connectivity index (χ1v) is 7.70. The lowest BCUT2D eigenvalue weighted by Gasteiger charge is -2.07. The Balaban J connectivity index is 1.78. The molecule has 0 fully saturated rings. The molecule has 1 aromatic carbocycles. The number of rotatable bonds is 5. The zero-order chi connectivity index (χ0) is 15.9. The molecule has 8 nitrogen and oxygen atoms in total. The Bertz CT molecular complexity index is 660. The van der Waals surface area contributed by atoms with E-state index in [1.165, 1.54) is 11.8 Å². The van der Waals surface area contributed by atoms with Gasteiger partial charge in [0.1, 0.15) is 0 Å². The summed E-state index contributed by atoms with van der Waals surface area (Å²) in [6, 6.07) is 6.32. The van der Waals surface area contributed by atoms with Crippen molar-refractivity contribution >= 4 is 35.2 Å². The van der Waals surface area contributed by atoms with Crippen LogP contribution < -0.4 is 10.9 Å². The Hall–Kier alpha value is -2.13. The van der Waals surface area contributed by atoms with Crippen LogP contribution in [-0.4, -0.2) is 37.8 Å². The van der Waals surface area contributed by atoms with E-state index in [0.717, 1.165) is 0 Å². The number of tetrazole rings is 1. The molecule has 22 heavy (non-hydrogen) atoms. The number of benzene rings is 1. The van der Waals surface area contributed by atoms with Gasteiger partial charge in [-0.05, 0) is 41.6 Å². The van der Waals surface area contributed by atoms with Gasteiger partial charge in [0, 0.05) is 17.1 Å². The molecule has 0 aliphatic rings. The summed E-state index contributed by atoms with van der Waals surface area (Å²) in [6.07, 6.45) is 0. The van der Waals surface area contributed by atoms with Crippen LogP contribution in [0.15, 0.2) is 29.4 Å². The quantitative estimate of drug-likeness (QED) is 0.619. The number of aryl methyl sites for hydroxylation is 1. The lowest BCUT2D eigenvalue weighted by Crippen LogP contribution is -2.42. The Morgan fingerprint density at radius 1 is 1.27 bits per heavy atom. The zero-order valence-corrected chi connectivity index (χ0v) is 13.2. The van der Waals surface area contributed by atoms with Gasteiger partial charge in [-0.25, -0.2) is 4.68 Å². The monoisotopic (exact) mass is 340 g/mol. The molecule has 0 saturated carbocycles. The van der Waals surface area contributed by atoms with Crippen LogP contribution in [0, 0.1) is 0 Å². The number of hydrogen-bond acceptors (Lipinski definition) is 6. The van der Waals surface area contributed by atoms with Crippen LogP contribution in [0.2, 0.25) is 5.02 Å². The molecule has 0 atom stereocenters. The minimum absolute atomic E-state index is 0.0846. The molecule has 0 radical (unpaired) electrons. The molecule has 0 spiro atoms. The fraction of sp³-hybridized carbons (Fsp3) is 0.250. The standard InChI is InChI=1S/C12H13ClN6O2S/c1-2-19-12(16-17-18-19)22-7-10(20)14-15-11(21)8-3-5-9(13)6-4-8/h3-6H,2,7H2,1H3,(H,14,20)(H,15,21). The highest BCUT2D eigenvalue weighted by Crippen LogP contribution is 2.12. The molecule has 2 rings (SSSR count). The maximum Gasteiger partial charge on any atom is 0.269 e. The number of halogens is 1. The van der Waals surface area contributed by atoms with Crippen LogP contribution >= 0.6 is 23.4 Å². The first-order valence-electron chi connectivity index (χ1n) is 6.34. The first-order chi connectivity index (χ1) is 10.6. The van der Waals surface area contributed by atoms with Crippen LogP contribution in [0.5, 0.6) is 0 Å². The van der Waals surface area contributed by atoms with E-state index in [-0.39, 0.29) is 11.7 Å². The normalized spacial score (nSPS) is 10.3. The number of carbonyl (C=O) groups is 2. The highest BCUT2D eigenvalue weighted by molar-refractivity contribution is 7.99. The van der Waals surface area contributed by atoms with Gasteiger partial charge in [-0.1, -0.05) is 23.4 Å². The van der Waals surface area contributed by atoms with Crippen LogP contribution in [0.3, 0.4) is 0 Å². The summed E-state index contributed by atoms with van der Waals surface area (Å²) in [6.45, 7) is 2.51. The van der Waals surface area contributed by atoms with Crippen LogP contribution in [0.25, 0.3) is 0 Å². The third kappa shape index (κ3) is 4.43. The van der Waals surface area contributed by atoms with E-state index in [9.17, 15) is 9.59 Å². The second-order valence-electron chi connectivity index (χ2n) is 4.08. The van der Waals surface area contributed by atoms with E-state index in [1.54, 1.807) is 28.9 Å². The highest BCUT2D eigenvalue weighted by Gasteiger charge is 2.10. The molecule has 0 aliphatic carbocycles. The maximum absolute atomic E-state index is 11.8. The predicted octanol–water partition coefficient (Wildman–Crippen LogP) is 0.900. The molecule has 1 aromatic heterocycles. The SMILES string of the molecule is CCn1nnnc1SCC(=O)NNC(=O)c1ccc(Cl)cc1. The Morgan fingerprint density at radius 2 is 2.00 bits per heavy atom. The number of nitrogens with zero attached hydrogens (tertiary/aromatic N) is 4. The van der Waals surface area contributed by atoms with E-state index in [4.69, 9.17) is 11.6 Å². The highest BCUT2D eigenvalue weighted by atomic mass is 35.5. The van der Waals surface area contributed by atoms with Crippen molar-refractivity contribution < 1.29 is 9.59 Å². The van der Waals surface area contributed by atoms with Crippen molar-refractivity contribution in [1.29, 1.82) is 0 Å². The summed E-state index contributed by atoms with van der Waals surface area (Å²) in [5.74, 6) is -0.701. The van der Waals surface area contributed by atoms with Crippen molar-refractivity contribution in [3.8, 4) is 0 Å². The molecule has 10 heteroatoms. The van der Waals surface area contributed by atoms with Crippen molar-refractivity contribution in [1.82, 2.24) is 31.1 Å². The fourth-order valence-corrected chi connectivity index (χ4v) is 2.33. The summed E-state index contributed by atoms with van der Waals surface area (Å²) in [4.78, 5) is 23.5. The summed E-state index contributed by atoms with van der Waals surface area (Å²) >= 11 is 6.92. The smallest absolute Gasteiger partial charge is 0.269 e. The Morgan fingerprint density at radius 3 is 2.68 bits per heavy atom. The number of hydrazine groups is 1. The Kier molecular flexibility index (Phi) is 5.73. The molecular weight excluding hydrogens is 328 g/mol. The van der Waals surface area contributed by atoms with Gasteiger partial charge in [-0.2, -0.15) is 0 Å². The molecule has 0 saturated heterocycles. The number of amides is 2. The minimum atomic E-state index is -0.423. The van der Waals surface area contributed by atoms with Gasteiger partial charge in [0.25, 0.3) is 5.91 Å². The second-order valence-corrected chi connectivity index (χ2v) is 5.45. The molecule has 2 aromatic rings. The second kappa shape index (κ2) is 7.76. The van der Waals surface area contributed by atoms with Gasteiger partial charge >= 0.3 is 0 Å². The average molecular weight is 341 g/mol. The molecule has 2 N–H and O–H groups in total. The lowest BCUT2D eigenvalue weighted by atomic mass is 10.2. The van der Waals surface area contributed by atoms with E-state index in [0.29, 0.717) is 22.3 Å². The number of nitrogens with one attached hydrogen (secondary N) is 2. The molecule has 116 valence electrons. The van der Waals surface area contributed by atoms with Crippen molar-refractivity contribution in [2.24, 2.45) is 0 Å². The molecule has 1 heterocycles.